The summed E-state index contributed by atoms with van der Waals surface area (Å²) in [4.78, 5) is 2.88. The fraction of sp³-hybridized carbons (Fsp3) is 0.118. The molecule has 0 amide bonds. The van der Waals surface area contributed by atoms with E-state index in [0.29, 0.717) is 5.69 Å². The van der Waals surface area contributed by atoms with Crippen molar-refractivity contribution in [2.24, 2.45) is 10.2 Å². The molecule has 24 heavy (non-hydrogen) atoms. The zero-order valence-electron chi connectivity index (χ0n) is 13.1. The Morgan fingerprint density at radius 3 is 2.62 bits per heavy atom. The summed E-state index contributed by atoms with van der Waals surface area (Å²) in [6.07, 6.45) is 0. The van der Waals surface area contributed by atoms with Crippen LogP contribution >= 0.6 is 28.1 Å². The average Bonchev–Trinajstić information content (AvgIpc) is 2.83. The summed E-state index contributed by atoms with van der Waals surface area (Å²) in [5, 5.41) is 22.2. The average molecular weight is 403 g/mol. The first-order valence-electron chi connectivity index (χ1n) is 7.24. The van der Waals surface area contributed by atoms with Crippen molar-refractivity contribution in [1.82, 2.24) is 4.98 Å². The number of aromatic hydroxyl groups is 1. The normalized spacial score (nSPS) is 11.3. The van der Waals surface area contributed by atoms with Crippen molar-refractivity contribution < 1.29 is 5.11 Å². The van der Waals surface area contributed by atoms with Crippen molar-refractivity contribution in [3.05, 3.63) is 52.0 Å². The fourth-order valence-electron chi connectivity index (χ4n) is 2.28. The summed E-state index contributed by atoms with van der Waals surface area (Å²) in [5.74, 6) is -0.0376. The van der Waals surface area contributed by atoms with Crippen LogP contribution in [0.1, 0.15) is 11.1 Å². The molecule has 5 nitrogen and oxygen atoms in total. The van der Waals surface area contributed by atoms with E-state index in [0.717, 1.165) is 26.6 Å². The van der Waals surface area contributed by atoms with Gasteiger partial charge in [0.25, 0.3) is 0 Å². The zero-order valence-corrected chi connectivity index (χ0v) is 15.5. The van der Waals surface area contributed by atoms with E-state index in [9.17, 15) is 5.11 Å². The van der Waals surface area contributed by atoms with Gasteiger partial charge in [0.15, 0.2) is 5.69 Å². The number of hydrogen-bond acceptors (Lipinski definition) is 3. The minimum atomic E-state index is -0.0376. The van der Waals surface area contributed by atoms with Crippen LogP contribution in [0.15, 0.2) is 51.1 Å². The molecule has 122 valence electrons. The molecular formula is C17H15BrN4OS. The monoisotopic (exact) mass is 402 g/mol. The molecule has 0 bridgehead atoms. The largest absolute Gasteiger partial charge is 0.493 e. The highest BCUT2D eigenvalue weighted by Gasteiger charge is 2.12. The second-order valence-electron chi connectivity index (χ2n) is 5.47. The summed E-state index contributed by atoms with van der Waals surface area (Å²) in [6.45, 7) is 3.99. The predicted molar refractivity (Wildman–Crippen MR) is 104 cm³/mol. The molecule has 3 N–H and O–H groups in total. The lowest BCUT2D eigenvalue weighted by molar-refractivity contribution is 0.459. The van der Waals surface area contributed by atoms with Crippen LogP contribution in [0.3, 0.4) is 0 Å². The second kappa shape index (κ2) is 6.70. The van der Waals surface area contributed by atoms with Gasteiger partial charge in [-0.05, 0) is 55.9 Å². The van der Waals surface area contributed by atoms with E-state index in [4.69, 9.17) is 12.2 Å². The van der Waals surface area contributed by atoms with E-state index in [-0.39, 0.29) is 11.0 Å². The van der Waals surface area contributed by atoms with Crippen LogP contribution in [0.25, 0.3) is 10.9 Å². The van der Waals surface area contributed by atoms with E-state index in [2.05, 4.69) is 36.5 Å². The molecule has 0 saturated heterocycles. The molecule has 0 unspecified atom stereocenters. The third kappa shape index (κ3) is 3.47. The van der Waals surface area contributed by atoms with Crippen LogP contribution < -0.4 is 5.32 Å². The van der Waals surface area contributed by atoms with Crippen LogP contribution in [0.2, 0.25) is 0 Å². The Bertz CT molecular complexity index is 947. The lowest BCUT2D eigenvalue weighted by Crippen LogP contribution is -2.04. The van der Waals surface area contributed by atoms with Crippen LogP contribution in [-0.4, -0.2) is 15.2 Å². The van der Waals surface area contributed by atoms with Gasteiger partial charge in [-0.1, -0.05) is 33.6 Å². The van der Waals surface area contributed by atoms with Crippen molar-refractivity contribution in [2.45, 2.75) is 13.8 Å². The molecule has 0 fully saturated rings. The van der Waals surface area contributed by atoms with E-state index in [1.165, 1.54) is 5.56 Å². The molecular weight excluding hydrogens is 388 g/mol. The van der Waals surface area contributed by atoms with Gasteiger partial charge >= 0.3 is 0 Å². The second-order valence-corrected chi connectivity index (χ2v) is 6.71. The standard InChI is InChI=1S/C17H15BrN4OS/c1-9-3-5-11(6-4-9)19-17(24)22-21-15-12-7-10(2)13(18)8-14(12)20-16(15)23/h3-8,20,23H,1-2H3,(H,19,24). The quantitative estimate of drug-likeness (QED) is 0.378. The van der Waals surface area contributed by atoms with Gasteiger partial charge in [0.1, 0.15) is 0 Å². The first-order chi connectivity index (χ1) is 11.4. The van der Waals surface area contributed by atoms with Crippen molar-refractivity contribution in [3.8, 4) is 5.88 Å². The van der Waals surface area contributed by atoms with Crippen LogP contribution in [0, 0.1) is 13.8 Å². The first kappa shape index (κ1) is 16.6. The van der Waals surface area contributed by atoms with E-state index in [1.807, 2.05) is 50.2 Å². The number of aromatic amines is 1. The first-order valence-corrected chi connectivity index (χ1v) is 8.44. The van der Waals surface area contributed by atoms with Gasteiger partial charge in [0.05, 0.1) is 5.52 Å². The van der Waals surface area contributed by atoms with Gasteiger partial charge in [0, 0.05) is 15.5 Å². The number of hydrogen-bond donors (Lipinski definition) is 3. The maximum Gasteiger partial charge on any atom is 0.218 e. The van der Waals surface area contributed by atoms with E-state index in [1.54, 1.807) is 0 Å². The SMILES string of the molecule is Cc1ccc(NC(=S)N=Nc2c(O)[nH]c3cc(Br)c(C)cc23)cc1. The third-order valence-electron chi connectivity index (χ3n) is 3.57. The minimum Gasteiger partial charge on any atom is -0.493 e. The highest BCUT2D eigenvalue weighted by Crippen LogP contribution is 2.37. The number of thiocarbonyl (C=S) groups is 1. The number of fused-ring (bicyclic) bond motifs is 1. The predicted octanol–water partition coefficient (Wildman–Crippen LogP) is 5.73. The Kier molecular flexibility index (Phi) is 4.64. The van der Waals surface area contributed by atoms with Crippen molar-refractivity contribution in [3.63, 3.8) is 0 Å². The number of azo groups is 1. The molecule has 0 atom stereocenters. The number of benzene rings is 2. The molecule has 0 aliphatic carbocycles. The lowest BCUT2D eigenvalue weighted by atomic mass is 10.1. The van der Waals surface area contributed by atoms with E-state index >= 15 is 0 Å². The summed E-state index contributed by atoms with van der Waals surface area (Å²) < 4.78 is 0.955. The van der Waals surface area contributed by atoms with Crippen molar-refractivity contribution >= 4 is 55.5 Å². The summed E-state index contributed by atoms with van der Waals surface area (Å²) in [5.41, 5.74) is 4.19. The number of aryl methyl sites for hydroxylation is 2. The van der Waals surface area contributed by atoms with Gasteiger partial charge in [-0.25, -0.2) is 0 Å². The summed E-state index contributed by atoms with van der Waals surface area (Å²) in [6, 6.07) is 11.6. The van der Waals surface area contributed by atoms with Crippen molar-refractivity contribution in [1.29, 1.82) is 0 Å². The smallest absolute Gasteiger partial charge is 0.218 e. The topological polar surface area (TPSA) is 72.8 Å². The molecule has 0 aliphatic heterocycles. The van der Waals surface area contributed by atoms with Gasteiger partial charge in [-0.15, -0.1) is 10.2 Å². The van der Waals surface area contributed by atoms with Gasteiger partial charge < -0.3 is 15.4 Å². The molecule has 1 heterocycles. The molecule has 3 rings (SSSR count). The number of nitrogens with one attached hydrogen (secondary N) is 2. The fourth-order valence-corrected chi connectivity index (χ4v) is 2.78. The number of H-pyrrole nitrogens is 1. The van der Waals surface area contributed by atoms with Crippen LogP contribution in [-0.2, 0) is 0 Å². The summed E-state index contributed by atoms with van der Waals surface area (Å²) >= 11 is 8.65. The Balaban J connectivity index is 1.84. The van der Waals surface area contributed by atoms with Gasteiger partial charge in [-0.2, -0.15) is 0 Å². The highest BCUT2D eigenvalue weighted by molar-refractivity contribution is 9.10. The van der Waals surface area contributed by atoms with E-state index < -0.39 is 0 Å². The highest BCUT2D eigenvalue weighted by atomic mass is 79.9. The molecule has 2 aromatic carbocycles. The minimum absolute atomic E-state index is 0.0376. The molecule has 0 aliphatic rings. The molecule has 0 radical (unpaired) electrons. The summed E-state index contributed by atoms with van der Waals surface area (Å²) in [7, 11) is 0. The van der Waals surface area contributed by atoms with Crippen molar-refractivity contribution in [2.75, 3.05) is 5.32 Å². The number of rotatable bonds is 2. The number of halogens is 1. The third-order valence-corrected chi connectivity index (χ3v) is 4.61. The maximum atomic E-state index is 10.1. The van der Waals surface area contributed by atoms with Gasteiger partial charge in [-0.3, -0.25) is 0 Å². The molecule has 1 aromatic heterocycles. The number of nitrogens with zero attached hydrogens (tertiary/aromatic N) is 2. The Morgan fingerprint density at radius 2 is 1.92 bits per heavy atom. The molecule has 0 saturated carbocycles. The van der Waals surface area contributed by atoms with Crippen LogP contribution in [0.4, 0.5) is 11.4 Å². The zero-order chi connectivity index (χ0) is 17.3. The van der Waals surface area contributed by atoms with Crippen LogP contribution in [0.5, 0.6) is 5.88 Å². The van der Waals surface area contributed by atoms with Gasteiger partial charge in [0.2, 0.25) is 11.0 Å². The number of aromatic nitrogens is 1. The Labute approximate surface area is 152 Å². The molecule has 3 aromatic rings. The Morgan fingerprint density at radius 1 is 1.21 bits per heavy atom. The molecule has 0 spiro atoms. The number of anilines is 1. The molecule has 7 heteroatoms. The lowest BCUT2D eigenvalue weighted by Gasteiger charge is -2.03. The maximum absolute atomic E-state index is 10.1. The Hall–Kier alpha value is -2.25.